The number of carbonyl (C=O) groups excluding carboxylic acids is 2. The van der Waals surface area contributed by atoms with Crippen molar-refractivity contribution in [1.82, 2.24) is 9.80 Å². The van der Waals surface area contributed by atoms with Gasteiger partial charge in [0, 0.05) is 38.5 Å². The van der Waals surface area contributed by atoms with Gasteiger partial charge in [-0.15, -0.1) is 0 Å². The zero-order chi connectivity index (χ0) is 11.5. The molecule has 0 aromatic rings. The Morgan fingerprint density at radius 1 is 1.19 bits per heavy atom. The van der Waals surface area contributed by atoms with Crippen LogP contribution in [0.15, 0.2) is 0 Å². The summed E-state index contributed by atoms with van der Waals surface area (Å²) in [6.07, 6.45) is 3.27. The van der Waals surface area contributed by atoms with Crippen LogP contribution in [0.5, 0.6) is 0 Å². The van der Waals surface area contributed by atoms with Crippen LogP contribution in [0.2, 0.25) is 0 Å². The number of piperazine rings is 1. The molecule has 90 valence electrons. The molecule has 0 spiro atoms. The van der Waals surface area contributed by atoms with Gasteiger partial charge in [0.2, 0.25) is 5.91 Å². The number of hydrogen-bond acceptors (Lipinski definition) is 3. The topological polar surface area (TPSA) is 40.6 Å². The second-order valence-electron chi connectivity index (χ2n) is 4.87. The third-order valence-electron chi connectivity index (χ3n) is 3.63. The van der Waals surface area contributed by atoms with E-state index >= 15 is 0 Å². The van der Waals surface area contributed by atoms with E-state index in [2.05, 4.69) is 4.90 Å². The highest BCUT2D eigenvalue weighted by atomic mass is 16.2. The lowest BCUT2D eigenvalue weighted by molar-refractivity contribution is -0.135. The monoisotopic (exact) mass is 224 g/mol. The fourth-order valence-corrected chi connectivity index (χ4v) is 2.66. The third-order valence-corrected chi connectivity index (χ3v) is 3.63. The summed E-state index contributed by atoms with van der Waals surface area (Å²) in [4.78, 5) is 27.1. The van der Waals surface area contributed by atoms with Crippen molar-refractivity contribution in [3.8, 4) is 0 Å². The molecular formula is C12H20N2O2. The van der Waals surface area contributed by atoms with Gasteiger partial charge in [0.25, 0.3) is 0 Å². The lowest BCUT2D eigenvalue weighted by Crippen LogP contribution is -2.52. The summed E-state index contributed by atoms with van der Waals surface area (Å²) >= 11 is 0. The normalized spacial score (nSPS) is 25.6. The molecule has 2 fully saturated rings. The molecule has 2 aliphatic rings. The molecule has 4 heteroatoms. The van der Waals surface area contributed by atoms with Gasteiger partial charge in [-0.05, 0) is 26.3 Å². The van der Waals surface area contributed by atoms with E-state index in [1.165, 1.54) is 19.4 Å². The minimum atomic E-state index is 0.104. The van der Waals surface area contributed by atoms with Gasteiger partial charge < -0.3 is 9.69 Å². The molecule has 1 amide bonds. The van der Waals surface area contributed by atoms with Gasteiger partial charge >= 0.3 is 0 Å². The van der Waals surface area contributed by atoms with E-state index < -0.39 is 0 Å². The Balaban J connectivity index is 1.81. The molecule has 0 bridgehead atoms. The number of amides is 1. The zero-order valence-corrected chi connectivity index (χ0v) is 9.95. The van der Waals surface area contributed by atoms with Gasteiger partial charge in [-0.3, -0.25) is 9.69 Å². The molecule has 2 aliphatic heterocycles. The first kappa shape index (κ1) is 11.6. The van der Waals surface area contributed by atoms with Crippen LogP contribution in [0.3, 0.4) is 0 Å². The zero-order valence-electron chi connectivity index (χ0n) is 9.95. The molecule has 0 N–H and O–H groups in total. The third kappa shape index (κ3) is 2.61. The van der Waals surface area contributed by atoms with Crippen molar-refractivity contribution in [2.24, 2.45) is 0 Å². The van der Waals surface area contributed by atoms with Crippen molar-refractivity contribution in [1.29, 1.82) is 0 Å². The second-order valence-corrected chi connectivity index (χ2v) is 4.87. The molecule has 0 aliphatic carbocycles. The van der Waals surface area contributed by atoms with E-state index in [0.29, 0.717) is 18.9 Å². The number of Topliss-reactive ketones (excluding diaryl/α,β-unsaturated/α-hetero) is 1. The first-order valence-electron chi connectivity index (χ1n) is 6.18. The Bertz CT molecular complexity index is 291. The number of nitrogens with zero attached hydrogens (tertiary/aromatic N) is 2. The molecule has 2 saturated heterocycles. The maximum absolute atomic E-state index is 11.8. The van der Waals surface area contributed by atoms with Gasteiger partial charge in [-0.1, -0.05) is 0 Å². The van der Waals surface area contributed by atoms with Crippen LogP contribution >= 0.6 is 0 Å². The van der Waals surface area contributed by atoms with Crippen LogP contribution in [0.4, 0.5) is 0 Å². The molecule has 1 atom stereocenters. The summed E-state index contributed by atoms with van der Waals surface area (Å²) in [6, 6.07) is 0.579. The van der Waals surface area contributed by atoms with Crippen molar-refractivity contribution < 1.29 is 9.59 Å². The lowest BCUT2D eigenvalue weighted by atomic mass is 10.1. The number of fused-ring (bicyclic) bond motifs is 1. The first-order valence-corrected chi connectivity index (χ1v) is 6.18. The molecule has 0 aromatic carbocycles. The summed E-state index contributed by atoms with van der Waals surface area (Å²) in [7, 11) is 0. The fraction of sp³-hybridized carbons (Fsp3) is 0.833. The van der Waals surface area contributed by atoms with Gasteiger partial charge in [0.15, 0.2) is 0 Å². The van der Waals surface area contributed by atoms with Crippen molar-refractivity contribution in [2.45, 2.75) is 38.6 Å². The van der Waals surface area contributed by atoms with Gasteiger partial charge in [0.05, 0.1) is 0 Å². The van der Waals surface area contributed by atoms with E-state index in [4.69, 9.17) is 0 Å². The van der Waals surface area contributed by atoms with Gasteiger partial charge in [-0.25, -0.2) is 0 Å². The Hall–Kier alpha value is -0.900. The maximum atomic E-state index is 11.8. The number of rotatable bonds is 3. The highest BCUT2D eigenvalue weighted by Crippen LogP contribution is 2.21. The average molecular weight is 224 g/mol. The van der Waals surface area contributed by atoms with E-state index in [0.717, 1.165) is 19.6 Å². The summed E-state index contributed by atoms with van der Waals surface area (Å²) in [5.74, 6) is 0.259. The molecule has 16 heavy (non-hydrogen) atoms. The molecule has 1 unspecified atom stereocenters. The summed E-state index contributed by atoms with van der Waals surface area (Å²) in [5.41, 5.74) is 0. The molecule has 4 nitrogen and oxygen atoms in total. The smallest absolute Gasteiger partial charge is 0.223 e. The quantitative estimate of drug-likeness (QED) is 0.707. The summed E-state index contributed by atoms with van der Waals surface area (Å²) in [6.45, 7) is 5.46. The van der Waals surface area contributed by atoms with E-state index in [1.807, 2.05) is 4.90 Å². The fourth-order valence-electron chi connectivity index (χ4n) is 2.66. The number of carbonyl (C=O) groups is 2. The lowest BCUT2D eigenvalue weighted by Gasteiger charge is -2.37. The Labute approximate surface area is 96.6 Å². The molecule has 0 aromatic heterocycles. The maximum Gasteiger partial charge on any atom is 0.223 e. The standard InChI is InChI=1S/C12H20N2O2/c1-10(15)4-5-12(16)14-8-7-13-6-2-3-11(13)9-14/h11H,2-9H2,1H3. The van der Waals surface area contributed by atoms with Crippen LogP contribution in [0.25, 0.3) is 0 Å². The van der Waals surface area contributed by atoms with Crippen molar-refractivity contribution in [2.75, 3.05) is 26.2 Å². The second kappa shape index (κ2) is 4.95. The van der Waals surface area contributed by atoms with Crippen LogP contribution in [-0.2, 0) is 9.59 Å². The summed E-state index contributed by atoms with van der Waals surface area (Å²) < 4.78 is 0. The predicted molar refractivity (Wildman–Crippen MR) is 61.1 cm³/mol. The van der Waals surface area contributed by atoms with Crippen LogP contribution in [0, 0.1) is 0 Å². The highest BCUT2D eigenvalue weighted by Gasteiger charge is 2.32. The number of ketones is 1. The average Bonchev–Trinajstić information content (AvgIpc) is 2.72. The minimum Gasteiger partial charge on any atom is -0.340 e. The van der Waals surface area contributed by atoms with Crippen molar-refractivity contribution >= 4 is 11.7 Å². The van der Waals surface area contributed by atoms with Crippen LogP contribution in [-0.4, -0.2) is 53.7 Å². The molecule has 2 rings (SSSR count). The van der Waals surface area contributed by atoms with E-state index in [1.54, 1.807) is 6.92 Å². The Morgan fingerprint density at radius 2 is 2.00 bits per heavy atom. The minimum absolute atomic E-state index is 0.104. The largest absolute Gasteiger partial charge is 0.340 e. The van der Waals surface area contributed by atoms with Crippen molar-refractivity contribution in [3.63, 3.8) is 0 Å². The van der Waals surface area contributed by atoms with Crippen molar-refractivity contribution in [3.05, 3.63) is 0 Å². The molecule has 2 heterocycles. The first-order chi connectivity index (χ1) is 7.66. The molecular weight excluding hydrogens is 204 g/mol. The molecule has 0 saturated carbocycles. The van der Waals surface area contributed by atoms with E-state index in [9.17, 15) is 9.59 Å². The summed E-state index contributed by atoms with van der Waals surface area (Å²) in [5, 5.41) is 0. The Kier molecular flexibility index (Phi) is 3.59. The molecule has 0 radical (unpaired) electrons. The van der Waals surface area contributed by atoms with Crippen LogP contribution in [0.1, 0.15) is 32.6 Å². The Morgan fingerprint density at radius 3 is 2.75 bits per heavy atom. The predicted octanol–water partition coefficient (Wildman–Crippen LogP) is 0.662. The number of hydrogen-bond donors (Lipinski definition) is 0. The van der Waals surface area contributed by atoms with Crippen LogP contribution < -0.4 is 0 Å². The van der Waals surface area contributed by atoms with Gasteiger partial charge in [-0.2, -0.15) is 0 Å². The SMILES string of the molecule is CC(=O)CCC(=O)N1CCN2CCCC2C1. The van der Waals surface area contributed by atoms with E-state index in [-0.39, 0.29) is 11.7 Å². The van der Waals surface area contributed by atoms with Gasteiger partial charge in [0.1, 0.15) is 5.78 Å². The highest BCUT2D eigenvalue weighted by molar-refractivity contribution is 5.83.